The average Bonchev–Trinajstić information content (AvgIpc) is 1.59. The van der Waals surface area contributed by atoms with Gasteiger partial charge in [-0.25, -0.2) is 0 Å². The van der Waals surface area contributed by atoms with Crippen LogP contribution in [0.2, 0.25) is 0 Å². The van der Waals surface area contributed by atoms with E-state index in [0.29, 0.717) is 11.5 Å². The first-order valence-electron chi connectivity index (χ1n) is 3.49. The van der Waals surface area contributed by atoms with Crippen LogP contribution >= 0.6 is 11.8 Å². The van der Waals surface area contributed by atoms with E-state index in [9.17, 15) is 0 Å². The van der Waals surface area contributed by atoms with Crippen molar-refractivity contribution in [1.82, 2.24) is 0 Å². The predicted octanol–water partition coefficient (Wildman–Crippen LogP) is 2.26. The van der Waals surface area contributed by atoms with E-state index < -0.39 is 0 Å². The van der Waals surface area contributed by atoms with Gasteiger partial charge in [0.15, 0.2) is 0 Å². The second-order valence-electron chi connectivity index (χ2n) is 2.70. The van der Waals surface area contributed by atoms with Crippen molar-refractivity contribution >= 4 is 11.8 Å². The van der Waals surface area contributed by atoms with Crippen LogP contribution in [0.1, 0.15) is 27.2 Å². The minimum Gasteiger partial charge on any atom is -0.365 e. The lowest BCUT2D eigenvalue weighted by molar-refractivity contribution is 0.0419. The first kappa shape index (κ1) is 7.42. The molecule has 0 aromatic rings. The van der Waals surface area contributed by atoms with Crippen molar-refractivity contribution in [3.63, 3.8) is 0 Å². The van der Waals surface area contributed by atoms with Gasteiger partial charge in [-0.3, -0.25) is 0 Å². The molecule has 0 bridgehead atoms. The Morgan fingerprint density at radius 2 is 2.00 bits per heavy atom. The van der Waals surface area contributed by atoms with Crippen molar-refractivity contribution in [2.75, 3.05) is 0 Å². The summed E-state index contributed by atoms with van der Waals surface area (Å²) in [6.45, 7) is 6.53. The first-order valence-corrected chi connectivity index (χ1v) is 4.43. The lowest BCUT2D eigenvalue weighted by Crippen LogP contribution is -2.25. The molecule has 0 radical (unpaired) electrons. The van der Waals surface area contributed by atoms with Gasteiger partial charge in [0.05, 0.1) is 6.10 Å². The van der Waals surface area contributed by atoms with Crippen LogP contribution < -0.4 is 0 Å². The van der Waals surface area contributed by atoms with Gasteiger partial charge in [0, 0.05) is 5.25 Å². The SMILES string of the molecule is C[C@@H]1C[C@H](C)S[C@H](C)O1. The van der Waals surface area contributed by atoms with E-state index in [2.05, 4.69) is 20.8 Å². The van der Waals surface area contributed by atoms with Crippen LogP contribution in [0.25, 0.3) is 0 Å². The van der Waals surface area contributed by atoms with Crippen molar-refractivity contribution in [2.45, 2.75) is 44.0 Å². The maximum atomic E-state index is 5.52. The van der Waals surface area contributed by atoms with Gasteiger partial charge in [0.2, 0.25) is 0 Å². The van der Waals surface area contributed by atoms with Crippen LogP contribution in [0, 0.1) is 0 Å². The molecule has 0 aliphatic carbocycles. The first-order chi connectivity index (χ1) is 4.18. The summed E-state index contributed by atoms with van der Waals surface area (Å²) in [6, 6.07) is 0. The summed E-state index contributed by atoms with van der Waals surface area (Å²) in [5.74, 6) is 0. The summed E-state index contributed by atoms with van der Waals surface area (Å²) < 4.78 is 5.52. The van der Waals surface area contributed by atoms with Gasteiger partial charge in [0.25, 0.3) is 0 Å². The summed E-state index contributed by atoms with van der Waals surface area (Å²) in [7, 11) is 0. The van der Waals surface area contributed by atoms with Gasteiger partial charge >= 0.3 is 0 Å². The fraction of sp³-hybridized carbons (Fsp3) is 1.00. The van der Waals surface area contributed by atoms with Crippen LogP contribution in [0.15, 0.2) is 0 Å². The number of hydrogen-bond donors (Lipinski definition) is 0. The van der Waals surface area contributed by atoms with Crippen LogP contribution in [0.4, 0.5) is 0 Å². The Kier molecular flexibility index (Phi) is 2.42. The fourth-order valence-electron chi connectivity index (χ4n) is 1.26. The van der Waals surface area contributed by atoms with E-state index in [-0.39, 0.29) is 0 Å². The molecule has 54 valence electrons. The van der Waals surface area contributed by atoms with Gasteiger partial charge in [-0.05, 0) is 20.3 Å². The smallest absolute Gasteiger partial charge is 0.101 e. The highest BCUT2D eigenvalue weighted by atomic mass is 32.2. The van der Waals surface area contributed by atoms with E-state index in [1.165, 1.54) is 6.42 Å². The minimum absolute atomic E-state index is 0.406. The Labute approximate surface area is 61.2 Å². The molecule has 1 nitrogen and oxygen atoms in total. The monoisotopic (exact) mass is 146 g/mol. The third kappa shape index (κ3) is 2.18. The van der Waals surface area contributed by atoms with Gasteiger partial charge in [-0.15, -0.1) is 11.8 Å². The van der Waals surface area contributed by atoms with Crippen molar-refractivity contribution in [3.8, 4) is 0 Å². The molecule has 9 heavy (non-hydrogen) atoms. The van der Waals surface area contributed by atoms with Crippen molar-refractivity contribution in [2.24, 2.45) is 0 Å². The van der Waals surface area contributed by atoms with E-state index in [1.54, 1.807) is 0 Å². The van der Waals surface area contributed by atoms with Gasteiger partial charge in [-0.1, -0.05) is 6.92 Å². The predicted molar refractivity (Wildman–Crippen MR) is 41.7 cm³/mol. The van der Waals surface area contributed by atoms with Crippen molar-refractivity contribution in [3.05, 3.63) is 0 Å². The molecule has 0 spiro atoms. The largest absolute Gasteiger partial charge is 0.365 e. The number of thioether (sulfide) groups is 1. The van der Waals surface area contributed by atoms with Crippen LogP contribution in [0.3, 0.4) is 0 Å². The van der Waals surface area contributed by atoms with E-state index in [4.69, 9.17) is 4.74 Å². The molecule has 1 saturated heterocycles. The molecule has 0 saturated carbocycles. The average molecular weight is 146 g/mol. The van der Waals surface area contributed by atoms with E-state index in [0.717, 1.165) is 5.25 Å². The lowest BCUT2D eigenvalue weighted by Gasteiger charge is -2.29. The molecule has 1 heterocycles. The molecule has 0 aromatic carbocycles. The van der Waals surface area contributed by atoms with Crippen molar-refractivity contribution in [1.29, 1.82) is 0 Å². The van der Waals surface area contributed by atoms with Crippen LogP contribution in [0.5, 0.6) is 0 Å². The minimum atomic E-state index is 0.406. The topological polar surface area (TPSA) is 9.23 Å². The Hall–Kier alpha value is 0.310. The molecule has 3 atom stereocenters. The summed E-state index contributed by atoms with van der Waals surface area (Å²) in [5, 5.41) is 0.781. The van der Waals surface area contributed by atoms with Crippen LogP contribution in [-0.4, -0.2) is 16.8 Å². The molecular weight excluding hydrogens is 132 g/mol. The molecule has 1 aliphatic rings. The molecule has 1 rings (SSSR count). The normalized spacial score (nSPS) is 45.0. The second-order valence-corrected chi connectivity index (χ2v) is 4.44. The standard InChI is InChI=1S/C7H14OS/c1-5-4-6(2)9-7(3)8-5/h5-7H,4H2,1-3H3/t5-,6+,7-/m1/s1. The zero-order valence-electron chi connectivity index (χ0n) is 6.26. The summed E-state index contributed by atoms with van der Waals surface area (Å²) in [5.41, 5.74) is 0.406. The summed E-state index contributed by atoms with van der Waals surface area (Å²) >= 11 is 1.92. The zero-order chi connectivity index (χ0) is 6.85. The second kappa shape index (κ2) is 2.93. The Morgan fingerprint density at radius 1 is 1.33 bits per heavy atom. The molecule has 2 heteroatoms. The van der Waals surface area contributed by atoms with E-state index in [1.807, 2.05) is 11.8 Å². The van der Waals surface area contributed by atoms with Crippen molar-refractivity contribution < 1.29 is 4.74 Å². The number of rotatable bonds is 0. The quantitative estimate of drug-likeness (QED) is 0.518. The third-order valence-corrected chi connectivity index (χ3v) is 2.66. The zero-order valence-corrected chi connectivity index (χ0v) is 7.07. The Balaban J connectivity index is 2.34. The van der Waals surface area contributed by atoms with Crippen LogP contribution in [-0.2, 0) is 4.74 Å². The molecule has 1 aliphatic heterocycles. The molecule has 0 aromatic heterocycles. The molecule has 0 amide bonds. The summed E-state index contributed by atoms with van der Waals surface area (Å²) in [6.07, 6.45) is 1.67. The molecule has 0 unspecified atom stereocenters. The van der Waals surface area contributed by atoms with Gasteiger partial charge in [-0.2, -0.15) is 0 Å². The molecule has 1 fully saturated rings. The third-order valence-electron chi connectivity index (χ3n) is 1.51. The molecule has 0 N–H and O–H groups in total. The van der Waals surface area contributed by atoms with Gasteiger partial charge < -0.3 is 4.74 Å². The highest BCUT2D eigenvalue weighted by Crippen LogP contribution is 2.29. The lowest BCUT2D eigenvalue weighted by atomic mass is 10.2. The fourth-order valence-corrected chi connectivity index (χ4v) is 2.56. The Bertz CT molecular complexity index is 69.9. The van der Waals surface area contributed by atoms with E-state index >= 15 is 0 Å². The van der Waals surface area contributed by atoms with Gasteiger partial charge in [0.1, 0.15) is 5.44 Å². The maximum absolute atomic E-state index is 5.52. The highest BCUT2D eigenvalue weighted by Gasteiger charge is 2.20. The number of ether oxygens (including phenoxy) is 1. The Morgan fingerprint density at radius 3 is 2.44 bits per heavy atom. The maximum Gasteiger partial charge on any atom is 0.101 e. The number of hydrogen-bond acceptors (Lipinski definition) is 2. The highest BCUT2D eigenvalue weighted by molar-refractivity contribution is 8.00. The summed E-state index contributed by atoms with van der Waals surface area (Å²) in [4.78, 5) is 0. The molecular formula is C7H14OS.